The zero-order valence-corrected chi connectivity index (χ0v) is 18.7. The molecule has 1 atom stereocenters. The monoisotopic (exact) mass is 444 g/mol. The molecule has 10 heteroatoms. The number of halogens is 1. The zero-order valence-electron chi connectivity index (χ0n) is 18.7. The van der Waals surface area contributed by atoms with Crippen molar-refractivity contribution < 1.29 is 28.6 Å². The second-order valence-corrected chi connectivity index (χ2v) is 7.85. The summed E-state index contributed by atoms with van der Waals surface area (Å²) in [5.41, 5.74) is -0.386. The van der Waals surface area contributed by atoms with Gasteiger partial charge in [-0.15, -0.1) is 0 Å². The summed E-state index contributed by atoms with van der Waals surface area (Å²) in [6.07, 6.45) is -1.34. The van der Waals surface area contributed by atoms with Gasteiger partial charge in [0.25, 0.3) is 17.6 Å². The SMILES string of the molecule is COC(O)C(C)(C)NC(=O)C(=O)c1c(C)c(C(=O)Nc2ccc(F)c(C#N)c2)c(C)n1C. The number of aromatic nitrogens is 1. The predicted molar refractivity (Wildman–Crippen MR) is 114 cm³/mol. The molecule has 0 radical (unpaired) electrons. The quantitative estimate of drug-likeness (QED) is 0.340. The number of ether oxygens (including phenoxy) is 1. The van der Waals surface area contributed by atoms with E-state index in [1.807, 2.05) is 0 Å². The molecule has 2 amide bonds. The zero-order chi connectivity index (χ0) is 24.4. The molecular weight excluding hydrogens is 419 g/mol. The first-order valence-corrected chi connectivity index (χ1v) is 9.60. The van der Waals surface area contributed by atoms with Gasteiger partial charge in [-0.1, -0.05) is 0 Å². The Morgan fingerprint density at radius 3 is 2.47 bits per heavy atom. The van der Waals surface area contributed by atoms with Crippen molar-refractivity contribution in [2.45, 2.75) is 39.5 Å². The number of aliphatic hydroxyl groups excluding tert-OH is 1. The molecule has 1 unspecified atom stereocenters. The Kier molecular flexibility index (Phi) is 7.18. The van der Waals surface area contributed by atoms with E-state index in [4.69, 9.17) is 10.00 Å². The molecular formula is C22H25FN4O5. The van der Waals surface area contributed by atoms with Crippen molar-refractivity contribution >= 4 is 23.3 Å². The third kappa shape index (κ3) is 4.69. The van der Waals surface area contributed by atoms with E-state index in [0.717, 1.165) is 6.07 Å². The number of carbonyl (C=O) groups excluding carboxylic acids is 3. The first-order valence-electron chi connectivity index (χ1n) is 9.60. The molecule has 0 fully saturated rings. The predicted octanol–water partition coefficient (Wildman–Crippen LogP) is 1.95. The van der Waals surface area contributed by atoms with Crippen molar-refractivity contribution in [3.05, 3.63) is 52.1 Å². The third-order valence-corrected chi connectivity index (χ3v) is 5.20. The Morgan fingerprint density at radius 1 is 1.28 bits per heavy atom. The van der Waals surface area contributed by atoms with Crippen LogP contribution in [0.3, 0.4) is 0 Å². The fourth-order valence-electron chi connectivity index (χ4n) is 3.33. The minimum Gasteiger partial charge on any atom is -0.366 e. The second-order valence-electron chi connectivity index (χ2n) is 7.85. The summed E-state index contributed by atoms with van der Waals surface area (Å²) < 4.78 is 19.8. The van der Waals surface area contributed by atoms with Crippen LogP contribution in [0.25, 0.3) is 0 Å². The number of benzene rings is 1. The molecule has 2 rings (SSSR count). The van der Waals surface area contributed by atoms with Crippen LogP contribution in [-0.4, -0.2) is 46.2 Å². The Morgan fingerprint density at radius 2 is 1.91 bits per heavy atom. The van der Waals surface area contributed by atoms with E-state index in [9.17, 15) is 23.9 Å². The van der Waals surface area contributed by atoms with Gasteiger partial charge in [0, 0.05) is 25.5 Å². The van der Waals surface area contributed by atoms with Crippen LogP contribution in [0.2, 0.25) is 0 Å². The number of carbonyl (C=O) groups is 3. The number of rotatable bonds is 7. The van der Waals surface area contributed by atoms with Crippen molar-refractivity contribution in [3.63, 3.8) is 0 Å². The Bertz CT molecular complexity index is 1130. The molecule has 1 aromatic carbocycles. The minimum atomic E-state index is -1.34. The highest BCUT2D eigenvalue weighted by atomic mass is 19.1. The van der Waals surface area contributed by atoms with Gasteiger partial charge in [-0.2, -0.15) is 5.26 Å². The van der Waals surface area contributed by atoms with Crippen LogP contribution >= 0.6 is 0 Å². The molecule has 32 heavy (non-hydrogen) atoms. The number of nitriles is 1. The number of methoxy groups -OCH3 is 1. The van der Waals surface area contributed by atoms with Crippen LogP contribution in [0.15, 0.2) is 18.2 Å². The standard InChI is InChI=1S/C22H25FN4O5/c1-11-16(19(29)25-14-7-8-15(23)13(9-14)10-24)12(2)27(5)17(11)18(28)20(30)26-22(3,4)21(31)32-6/h7-9,21,31H,1-6H3,(H,25,29)(H,26,30). The van der Waals surface area contributed by atoms with Gasteiger partial charge < -0.3 is 25.0 Å². The molecule has 0 bridgehead atoms. The van der Waals surface area contributed by atoms with Crippen LogP contribution in [0, 0.1) is 31.0 Å². The van der Waals surface area contributed by atoms with Gasteiger partial charge in [0.15, 0.2) is 6.29 Å². The molecule has 2 aromatic rings. The van der Waals surface area contributed by atoms with Crippen molar-refractivity contribution in [2.75, 3.05) is 12.4 Å². The molecule has 3 N–H and O–H groups in total. The highest BCUT2D eigenvalue weighted by Gasteiger charge is 2.34. The Hall–Kier alpha value is -3.55. The number of amides is 2. The van der Waals surface area contributed by atoms with Crippen LogP contribution in [0.1, 0.15) is 51.5 Å². The molecule has 0 aliphatic carbocycles. The molecule has 1 aromatic heterocycles. The lowest BCUT2D eigenvalue weighted by atomic mass is 10.0. The summed E-state index contributed by atoms with van der Waals surface area (Å²) in [4.78, 5) is 38.3. The lowest BCUT2D eigenvalue weighted by Gasteiger charge is -2.30. The molecule has 170 valence electrons. The topological polar surface area (TPSA) is 133 Å². The number of anilines is 1. The largest absolute Gasteiger partial charge is 0.366 e. The van der Waals surface area contributed by atoms with Crippen LogP contribution < -0.4 is 10.6 Å². The Labute approximate surface area is 184 Å². The van der Waals surface area contributed by atoms with Crippen LogP contribution in [0.5, 0.6) is 0 Å². The molecule has 9 nitrogen and oxygen atoms in total. The van der Waals surface area contributed by atoms with Gasteiger partial charge in [-0.05, 0) is 51.5 Å². The maximum absolute atomic E-state index is 13.5. The van der Waals surface area contributed by atoms with E-state index in [1.54, 1.807) is 20.0 Å². The average Bonchev–Trinajstić information content (AvgIpc) is 2.95. The minimum absolute atomic E-state index is 0.00433. The molecule has 0 saturated heterocycles. The van der Waals surface area contributed by atoms with Gasteiger partial charge in [0.2, 0.25) is 0 Å². The number of aliphatic hydroxyl groups is 1. The van der Waals surface area contributed by atoms with Gasteiger partial charge in [0.05, 0.1) is 22.4 Å². The lowest BCUT2D eigenvalue weighted by Crippen LogP contribution is -2.54. The fourth-order valence-corrected chi connectivity index (χ4v) is 3.33. The van der Waals surface area contributed by atoms with E-state index < -0.39 is 35.2 Å². The summed E-state index contributed by atoms with van der Waals surface area (Å²) in [5, 5.41) is 23.8. The van der Waals surface area contributed by atoms with Gasteiger partial charge in [-0.3, -0.25) is 14.4 Å². The third-order valence-electron chi connectivity index (χ3n) is 5.20. The van der Waals surface area contributed by atoms with E-state index in [2.05, 4.69) is 10.6 Å². The maximum Gasteiger partial charge on any atom is 0.294 e. The van der Waals surface area contributed by atoms with E-state index in [1.165, 1.54) is 44.6 Å². The van der Waals surface area contributed by atoms with Crippen molar-refractivity contribution in [1.82, 2.24) is 9.88 Å². The van der Waals surface area contributed by atoms with Crippen LogP contribution in [-0.2, 0) is 16.6 Å². The number of nitrogens with one attached hydrogen (secondary N) is 2. The fraction of sp³-hybridized carbons (Fsp3) is 0.364. The van der Waals surface area contributed by atoms with Gasteiger partial charge >= 0.3 is 0 Å². The lowest BCUT2D eigenvalue weighted by molar-refractivity contribution is -0.138. The van der Waals surface area contributed by atoms with Gasteiger partial charge in [0.1, 0.15) is 11.9 Å². The average molecular weight is 444 g/mol. The summed E-state index contributed by atoms with van der Waals surface area (Å²) >= 11 is 0. The van der Waals surface area contributed by atoms with E-state index in [0.29, 0.717) is 5.69 Å². The first kappa shape index (κ1) is 24.7. The number of nitrogens with zero attached hydrogens (tertiary/aromatic N) is 2. The van der Waals surface area contributed by atoms with Crippen molar-refractivity contribution in [2.24, 2.45) is 7.05 Å². The Balaban J connectivity index is 2.36. The molecule has 1 heterocycles. The summed E-state index contributed by atoms with van der Waals surface area (Å²) in [6.45, 7) is 6.13. The van der Waals surface area contributed by atoms with Gasteiger partial charge in [-0.25, -0.2) is 4.39 Å². The molecule has 0 aliphatic rings. The molecule has 0 aliphatic heterocycles. The first-order chi connectivity index (χ1) is 14.8. The summed E-state index contributed by atoms with van der Waals surface area (Å²) in [5.74, 6) is -3.16. The van der Waals surface area contributed by atoms with E-state index in [-0.39, 0.29) is 28.1 Å². The number of Topliss-reactive ketones (excluding diaryl/α,β-unsaturated/α-hetero) is 1. The van der Waals surface area contributed by atoms with Crippen LogP contribution in [0.4, 0.5) is 10.1 Å². The number of hydrogen-bond donors (Lipinski definition) is 3. The number of ketones is 1. The smallest absolute Gasteiger partial charge is 0.294 e. The van der Waals surface area contributed by atoms with Crippen molar-refractivity contribution in [1.29, 1.82) is 5.26 Å². The molecule has 0 spiro atoms. The summed E-state index contributed by atoms with van der Waals surface area (Å²) in [6, 6.07) is 5.27. The van der Waals surface area contributed by atoms with Crippen molar-refractivity contribution in [3.8, 4) is 6.07 Å². The number of hydrogen-bond acceptors (Lipinski definition) is 6. The maximum atomic E-state index is 13.5. The summed E-state index contributed by atoms with van der Waals surface area (Å²) in [7, 11) is 2.80. The second kappa shape index (κ2) is 9.30. The molecule has 0 saturated carbocycles. The normalized spacial score (nSPS) is 12.1. The van der Waals surface area contributed by atoms with E-state index >= 15 is 0 Å². The highest BCUT2D eigenvalue weighted by molar-refractivity contribution is 6.43. The highest BCUT2D eigenvalue weighted by Crippen LogP contribution is 2.24.